The Kier molecular flexibility index (Phi) is 4.91. The van der Waals surface area contributed by atoms with Crippen LogP contribution in [0.2, 0.25) is 0 Å². The van der Waals surface area contributed by atoms with E-state index in [2.05, 4.69) is 10.2 Å². The Labute approximate surface area is 129 Å². The summed E-state index contributed by atoms with van der Waals surface area (Å²) in [5.74, 6) is 0.811. The second-order valence-electron chi connectivity index (χ2n) is 7.39. The van der Waals surface area contributed by atoms with Crippen molar-refractivity contribution in [2.45, 2.75) is 68.7 Å². The van der Waals surface area contributed by atoms with Gasteiger partial charge in [0, 0.05) is 24.9 Å². The van der Waals surface area contributed by atoms with Crippen LogP contribution in [-0.4, -0.2) is 56.5 Å². The van der Waals surface area contributed by atoms with E-state index in [0.29, 0.717) is 6.04 Å². The van der Waals surface area contributed by atoms with Crippen LogP contribution < -0.4 is 5.32 Å². The molecule has 1 N–H and O–H groups in total. The van der Waals surface area contributed by atoms with Gasteiger partial charge in [0.05, 0.1) is 5.25 Å². The van der Waals surface area contributed by atoms with Crippen LogP contribution in [0.15, 0.2) is 0 Å². The second kappa shape index (κ2) is 6.55. The maximum atomic E-state index is 11.9. The summed E-state index contributed by atoms with van der Waals surface area (Å²) in [6.07, 6.45) is 10.7. The van der Waals surface area contributed by atoms with E-state index in [1.54, 1.807) is 0 Å². The van der Waals surface area contributed by atoms with E-state index in [-0.39, 0.29) is 5.25 Å². The average Bonchev–Trinajstić information content (AvgIpc) is 3.30. The summed E-state index contributed by atoms with van der Waals surface area (Å²) in [4.78, 5) is 2.70. The van der Waals surface area contributed by atoms with Crippen LogP contribution in [0.25, 0.3) is 0 Å². The zero-order chi connectivity index (χ0) is 14.9. The van der Waals surface area contributed by atoms with Crippen LogP contribution in [0.3, 0.4) is 0 Å². The maximum Gasteiger partial charge on any atom is 0.150 e. The number of nitrogens with one attached hydrogen (secondary N) is 1. The SMILES string of the molecule is CS(=O)(=O)C1CCCC(N(CC2CCNCC2)C2CC2)C1. The van der Waals surface area contributed by atoms with Crippen LogP contribution >= 0.6 is 0 Å². The van der Waals surface area contributed by atoms with E-state index in [9.17, 15) is 8.42 Å². The molecule has 2 saturated carbocycles. The Bertz CT molecular complexity index is 441. The number of hydrogen-bond donors (Lipinski definition) is 1. The largest absolute Gasteiger partial charge is 0.317 e. The van der Waals surface area contributed by atoms with E-state index in [1.165, 1.54) is 44.9 Å². The molecule has 5 heteroatoms. The third-order valence-corrected chi connectivity index (χ3v) is 7.26. The molecule has 1 heterocycles. The predicted octanol–water partition coefficient (Wildman–Crippen LogP) is 1.81. The lowest BCUT2D eigenvalue weighted by Crippen LogP contribution is -2.46. The molecule has 2 aliphatic carbocycles. The highest BCUT2D eigenvalue weighted by molar-refractivity contribution is 7.91. The maximum absolute atomic E-state index is 11.9. The number of piperidine rings is 1. The third-order valence-electron chi connectivity index (χ3n) is 5.62. The van der Waals surface area contributed by atoms with Gasteiger partial charge in [-0.1, -0.05) is 6.42 Å². The van der Waals surface area contributed by atoms with E-state index in [0.717, 1.165) is 44.3 Å². The van der Waals surface area contributed by atoms with Crippen molar-refractivity contribution in [2.75, 3.05) is 25.9 Å². The Hall–Kier alpha value is -0.130. The Morgan fingerprint density at radius 2 is 1.71 bits per heavy atom. The lowest BCUT2D eigenvalue weighted by molar-refractivity contribution is 0.115. The van der Waals surface area contributed by atoms with Crippen LogP contribution in [0.1, 0.15) is 51.4 Å². The lowest BCUT2D eigenvalue weighted by Gasteiger charge is -2.39. The van der Waals surface area contributed by atoms with Gasteiger partial charge in [0.15, 0.2) is 0 Å². The second-order valence-corrected chi connectivity index (χ2v) is 9.72. The molecule has 0 aromatic carbocycles. The van der Waals surface area contributed by atoms with Crippen LogP contribution in [0.4, 0.5) is 0 Å². The summed E-state index contributed by atoms with van der Waals surface area (Å²) in [5.41, 5.74) is 0. The summed E-state index contributed by atoms with van der Waals surface area (Å²) in [6, 6.07) is 1.27. The summed E-state index contributed by atoms with van der Waals surface area (Å²) in [6.45, 7) is 3.51. The molecular weight excluding hydrogens is 284 g/mol. The van der Waals surface area contributed by atoms with E-state index in [4.69, 9.17) is 0 Å². The summed E-state index contributed by atoms with van der Waals surface area (Å²) in [7, 11) is -2.87. The number of nitrogens with zero attached hydrogens (tertiary/aromatic N) is 1. The van der Waals surface area contributed by atoms with Crippen molar-refractivity contribution < 1.29 is 8.42 Å². The molecular formula is C16H30N2O2S. The molecule has 2 unspecified atom stereocenters. The smallest absolute Gasteiger partial charge is 0.150 e. The van der Waals surface area contributed by atoms with E-state index in [1.807, 2.05) is 0 Å². The first-order valence-electron chi connectivity index (χ1n) is 8.69. The summed E-state index contributed by atoms with van der Waals surface area (Å²) < 4.78 is 23.8. The van der Waals surface area contributed by atoms with Gasteiger partial charge in [0.25, 0.3) is 0 Å². The number of rotatable bonds is 5. The van der Waals surface area contributed by atoms with Crippen molar-refractivity contribution in [1.29, 1.82) is 0 Å². The Morgan fingerprint density at radius 3 is 2.33 bits per heavy atom. The van der Waals surface area contributed by atoms with Crippen molar-refractivity contribution in [3.8, 4) is 0 Å². The van der Waals surface area contributed by atoms with Gasteiger partial charge in [-0.05, 0) is 64.0 Å². The van der Waals surface area contributed by atoms with Gasteiger partial charge in [0.1, 0.15) is 9.84 Å². The molecule has 2 atom stereocenters. The normalized spacial score (nSPS) is 32.5. The molecule has 1 saturated heterocycles. The van der Waals surface area contributed by atoms with Gasteiger partial charge in [-0.2, -0.15) is 0 Å². The van der Waals surface area contributed by atoms with E-state index < -0.39 is 9.84 Å². The molecule has 0 bridgehead atoms. The van der Waals surface area contributed by atoms with Crippen LogP contribution in [0, 0.1) is 5.92 Å². The minimum Gasteiger partial charge on any atom is -0.317 e. The van der Waals surface area contributed by atoms with Crippen molar-refractivity contribution in [3.05, 3.63) is 0 Å². The first-order valence-corrected chi connectivity index (χ1v) is 10.6. The van der Waals surface area contributed by atoms with Gasteiger partial charge >= 0.3 is 0 Å². The monoisotopic (exact) mass is 314 g/mol. The van der Waals surface area contributed by atoms with Crippen molar-refractivity contribution in [3.63, 3.8) is 0 Å². The topological polar surface area (TPSA) is 49.4 Å². The quantitative estimate of drug-likeness (QED) is 0.841. The number of hydrogen-bond acceptors (Lipinski definition) is 4. The van der Waals surface area contributed by atoms with Crippen molar-refractivity contribution in [1.82, 2.24) is 10.2 Å². The minimum atomic E-state index is -2.87. The molecule has 0 aromatic heterocycles. The highest BCUT2D eigenvalue weighted by Crippen LogP contribution is 2.36. The van der Waals surface area contributed by atoms with Gasteiger partial charge in [-0.3, -0.25) is 4.90 Å². The van der Waals surface area contributed by atoms with Gasteiger partial charge in [-0.15, -0.1) is 0 Å². The molecule has 21 heavy (non-hydrogen) atoms. The molecule has 0 aromatic rings. The standard InChI is InChI=1S/C16H30N2O2S/c1-21(19,20)16-4-2-3-15(11-16)18(14-5-6-14)12-13-7-9-17-10-8-13/h13-17H,2-12H2,1H3. The highest BCUT2D eigenvalue weighted by Gasteiger charge is 2.39. The zero-order valence-corrected chi connectivity index (χ0v) is 14.1. The Balaban J connectivity index is 1.63. The van der Waals surface area contributed by atoms with Crippen molar-refractivity contribution >= 4 is 9.84 Å². The fraction of sp³-hybridized carbons (Fsp3) is 1.00. The summed E-state index contributed by atoms with van der Waals surface area (Å²) >= 11 is 0. The molecule has 4 nitrogen and oxygen atoms in total. The van der Waals surface area contributed by atoms with Gasteiger partial charge in [0.2, 0.25) is 0 Å². The molecule has 0 spiro atoms. The molecule has 122 valence electrons. The minimum absolute atomic E-state index is 0.0921. The third kappa shape index (κ3) is 4.20. The van der Waals surface area contributed by atoms with Crippen molar-refractivity contribution in [2.24, 2.45) is 5.92 Å². The fourth-order valence-electron chi connectivity index (χ4n) is 4.18. The first-order chi connectivity index (χ1) is 10.0. The van der Waals surface area contributed by atoms with Gasteiger partial charge < -0.3 is 5.32 Å². The highest BCUT2D eigenvalue weighted by atomic mass is 32.2. The molecule has 3 rings (SSSR count). The first kappa shape index (κ1) is 15.8. The van der Waals surface area contributed by atoms with Crippen LogP contribution in [-0.2, 0) is 9.84 Å². The fourth-order valence-corrected chi connectivity index (χ4v) is 5.34. The average molecular weight is 314 g/mol. The molecule has 0 radical (unpaired) electrons. The molecule has 3 aliphatic rings. The predicted molar refractivity (Wildman–Crippen MR) is 86.2 cm³/mol. The van der Waals surface area contributed by atoms with E-state index >= 15 is 0 Å². The zero-order valence-electron chi connectivity index (χ0n) is 13.3. The van der Waals surface area contributed by atoms with Gasteiger partial charge in [-0.25, -0.2) is 8.42 Å². The molecule has 1 aliphatic heterocycles. The number of sulfone groups is 1. The van der Waals surface area contributed by atoms with Crippen LogP contribution in [0.5, 0.6) is 0 Å². The summed E-state index contributed by atoms with van der Waals surface area (Å²) in [5, 5.41) is 3.35. The lowest BCUT2D eigenvalue weighted by atomic mass is 9.91. The Morgan fingerprint density at radius 1 is 1.00 bits per heavy atom. The molecule has 3 fully saturated rings. The molecule has 0 amide bonds.